The van der Waals surface area contributed by atoms with E-state index in [1.165, 1.54) is 0 Å². The highest BCUT2D eigenvalue weighted by molar-refractivity contribution is 6.30. The number of nitrogens with zero attached hydrogens (tertiary/aromatic N) is 3. The number of carbonyl (C=O) groups is 1. The molecule has 0 aliphatic rings. The maximum atomic E-state index is 12.1. The van der Waals surface area contributed by atoms with Crippen molar-refractivity contribution in [3.8, 4) is 5.75 Å². The van der Waals surface area contributed by atoms with Crippen molar-refractivity contribution in [1.82, 2.24) is 19.9 Å². The number of rotatable bonds is 9. The first-order chi connectivity index (χ1) is 15.2. The number of imidazole rings is 1. The van der Waals surface area contributed by atoms with Gasteiger partial charge in [0.1, 0.15) is 23.9 Å². The Morgan fingerprint density at radius 1 is 1.03 bits per heavy atom. The normalized spacial score (nSPS) is 10.9. The van der Waals surface area contributed by atoms with Crippen LogP contribution in [0, 0.1) is 0 Å². The fraction of sp³-hybridized carbons (Fsp3) is 0.208. The minimum Gasteiger partial charge on any atom is -0.492 e. The highest BCUT2D eigenvalue weighted by Gasteiger charge is 2.11. The molecular weight excluding hydrogens is 412 g/mol. The Morgan fingerprint density at radius 2 is 1.84 bits per heavy atom. The van der Waals surface area contributed by atoms with Crippen LogP contribution in [0.5, 0.6) is 5.75 Å². The molecule has 31 heavy (non-hydrogen) atoms. The Hall–Kier alpha value is -3.38. The number of aryl methyl sites for hydroxylation is 1. The summed E-state index contributed by atoms with van der Waals surface area (Å²) in [4.78, 5) is 21.0. The van der Waals surface area contributed by atoms with Gasteiger partial charge in [0.05, 0.1) is 17.6 Å². The molecule has 4 aromatic rings. The quantitative estimate of drug-likeness (QED) is 0.393. The summed E-state index contributed by atoms with van der Waals surface area (Å²) in [5, 5.41) is 3.60. The van der Waals surface area contributed by atoms with Gasteiger partial charge in [0.2, 0.25) is 0 Å². The maximum Gasteiger partial charge on any atom is 0.269 e. The van der Waals surface area contributed by atoms with Crippen molar-refractivity contribution in [2.24, 2.45) is 0 Å². The molecule has 0 unspecified atom stereocenters. The van der Waals surface area contributed by atoms with Crippen LogP contribution in [0.25, 0.3) is 11.0 Å². The van der Waals surface area contributed by atoms with Crippen LogP contribution in [0.15, 0.2) is 72.9 Å². The lowest BCUT2D eigenvalue weighted by molar-refractivity contribution is 0.0948. The van der Waals surface area contributed by atoms with Crippen molar-refractivity contribution in [1.29, 1.82) is 0 Å². The summed E-state index contributed by atoms with van der Waals surface area (Å²) in [6.45, 7) is 1.75. The van der Waals surface area contributed by atoms with E-state index in [0.717, 1.165) is 35.4 Å². The zero-order chi connectivity index (χ0) is 21.5. The predicted molar refractivity (Wildman–Crippen MR) is 122 cm³/mol. The van der Waals surface area contributed by atoms with Gasteiger partial charge in [-0.2, -0.15) is 0 Å². The average molecular weight is 435 g/mol. The number of nitrogens with one attached hydrogen (secondary N) is 1. The van der Waals surface area contributed by atoms with E-state index >= 15 is 0 Å². The number of pyridine rings is 1. The Balaban J connectivity index is 1.36. The van der Waals surface area contributed by atoms with Crippen LogP contribution in [0.4, 0.5) is 0 Å². The predicted octanol–water partition coefficient (Wildman–Crippen LogP) is 4.53. The molecule has 0 fully saturated rings. The number of hydrogen-bond acceptors (Lipinski definition) is 4. The van der Waals surface area contributed by atoms with Gasteiger partial charge >= 0.3 is 0 Å². The van der Waals surface area contributed by atoms with E-state index in [2.05, 4.69) is 20.9 Å². The number of fused-ring (bicyclic) bond motifs is 1. The zero-order valence-corrected chi connectivity index (χ0v) is 17.8. The summed E-state index contributed by atoms with van der Waals surface area (Å²) < 4.78 is 8.06. The van der Waals surface area contributed by atoms with E-state index in [1.807, 2.05) is 42.5 Å². The van der Waals surface area contributed by atoms with Crippen molar-refractivity contribution >= 4 is 28.5 Å². The van der Waals surface area contributed by atoms with E-state index in [-0.39, 0.29) is 5.91 Å². The second kappa shape index (κ2) is 10.1. The van der Waals surface area contributed by atoms with Crippen molar-refractivity contribution < 1.29 is 9.53 Å². The Morgan fingerprint density at radius 3 is 2.65 bits per heavy atom. The molecule has 0 spiro atoms. The summed E-state index contributed by atoms with van der Waals surface area (Å²) in [6, 6.07) is 20.7. The van der Waals surface area contributed by atoms with Crippen LogP contribution in [0.1, 0.15) is 22.7 Å². The minimum absolute atomic E-state index is 0.162. The molecule has 0 saturated heterocycles. The molecule has 2 aromatic heterocycles. The number of benzene rings is 2. The number of amides is 1. The molecule has 0 atom stereocenters. The van der Waals surface area contributed by atoms with Gasteiger partial charge in [-0.05, 0) is 55.0 Å². The summed E-state index contributed by atoms with van der Waals surface area (Å²) in [6.07, 6.45) is 3.14. The number of carbonyl (C=O) groups excluding carboxylic acids is 1. The SMILES string of the molecule is O=C(NCCCc1nc2ccccc2n1CCOc1ccc(Cl)cc1)c1ccccn1. The molecule has 0 aliphatic heterocycles. The average Bonchev–Trinajstić information content (AvgIpc) is 3.16. The van der Waals surface area contributed by atoms with E-state index in [1.54, 1.807) is 24.4 Å². The third-order valence-electron chi connectivity index (χ3n) is 4.89. The smallest absolute Gasteiger partial charge is 0.269 e. The lowest BCUT2D eigenvalue weighted by Crippen LogP contribution is -2.25. The first kappa shape index (κ1) is 20.9. The van der Waals surface area contributed by atoms with E-state index in [9.17, 15) is 4.79 Å². The van der Waals surface area contributed by atoms with Crippen molar-refractivity contribution in [3.05, 3.63) is 89.5 Å². The molecule has 4 rings (SSSR count). The molecule has 0 saturated carbocycles. The van der Waals surface area contributed by atoms with Crippen molar-refractivity contribution in [3.63, 3.8) is 0 Å². The summed E-state index contributed by atoms with van der Waals surface area (Å²) in [7, 11) is 0. The Bertz CT molecular complexity index is 1140. The second-order valence-corrected chi connectivity index (χ2v) is 7.48. The molecule has 7 heteroatoms. The molecule has 1 N–H and O–H groups in total. The largest absolute Gasteiger partial charge is 0.492 e. The first-order valence-corrected chi connectivity index (χ1v) is 10.6. The zero-order valence-electron chi connectivity index (χ0n) is 17.0. The summed E-state index contributed by atoms with van der Waals surface area (Å²) >= 11 is 5.93. The monoisotopic (exact) mass is 434 g/mol. The second-order valence-electron chi connectivity index (χ2n) is 7.05. The van der Waals surface area contributed by atoms with Crippen LogP contribution < -0.4 is 10.1 Å². The van der Waals surface area contributed by atoms with Gasteiger partial charge in [-0.15, -0.1) is 0 Å². The standard InChI is InChI=1S/C24H23ClN4O2/c25-18-10-12-19(13-11-18)31-17-16-29-22-8-2-1-6-20(22)28-23(29)9-5-15-27-24(30)21-7-3-4-14-26-21/h1-4,6-8,10-14H,5,9,15-17H2,(H,27,30). The van der Waals surface area contributed by atoms with Crippen LogP contribution in [0.3, 0.4) is 0 Å². The van der Waals surface area contributed by atoms with Gasteiger partial charge in [-0.25, -0.2) is 4.98 Å². The Labute approximate surface area is 185 Å². The highest BCUT2D eigenvalue weighted by Crippen LogP contribution is 2.19. The molecule has 2 heterocycles. The van der Waals surface area contributed by atoms with Gasteiger partial charge in [-0.3, -0.25) is 9.78 Å². The van der Waals surface area contributed by atoms with E-state index in [4.69, 9.17) is 21.3 Å². The van der Waals surface area contributed by atoms with Crippen LogP contribution in [-0.4, -0.2) is 33.6 Å². The van der Waals surface area contributed by atoms with E-state index in [0.29, 0.717) is 30.4 Å². The molecule has 1 amide bonds. The molecule has 2 aromatic carbocycles. The molecule has 158 valence electrons. The lowest BCUT2D eigenvalue weighted by Gasteiger charge is -2.11. The lowest BCUT2D eigenvalue weighted by atomic mass is 10.2. The third-order valence-corrected chi connectivity index (χ3v) is 5.14. The number of ether oxygens (including phenoxy) is 1. The van der Waals surface area contributed by atoms with Gasteiger partial charge in [-0.1, -0.05) is 29.8 Å². The molecule has 0 radical (unpaired) electrons. The Kier molecular flexibility index (Phi) is 6.79. The fourth-order valence-corrected chi connectivity index (χ4v) is 3.51. The summed E-state index contributed by atoms with van der Waals surface area (Å²) in [5.41, 5.74) is 2.46. The number of aromatic nitrogens is 3. The molecule has 0 aliphatic carbocycles. The van der Waals surface area contributed by atoms with Crippen LogP contribution in [0.2, 0.25) is 5.02 Å². The number of hydrogen-bond donors (Lipinski definition) is 1. The molecule has 6 nitrogen and oxygen atoms in total. The number of para-hydroxylation sites is 2. The van der Waals surface area contributed by atoms with Gasteiger partial charge in [0.15, 0.2) is 0 Å². The molecule has 0 bridgehead atoms. The van der Waals surface area contributed by atoms with Crippen molar-refractivity contribution in [2.75, 3.05) is 13.2 Å². The third kappa shape index (κ3) is 5.41. The van der Waals surface area contributed by atoms with Gasteiger partial charge in [0, 0.05) is 24.2 Å². The van der Waals surface area contributed by atoms with Crippen LogP contribution >= 0.6 is 11.6 Å². The van der Waals surface area contributed by atoms with Gasteiger partial charge < -0.3 is 14.6 Å². The first-order valence-electron chi connectivity index (χ1n) is 10.2. The molecular formula is C24H23ClN4O2. The van der Waals surface area contributed by atoms with Crippen molar-refractivity contribution in [2.45, 2.75) is 19.4 Å². The van der Waals surface area contributed by atoms with Gasteiger partial charge in [0.25, 0.3) is 5.91 Å². The summed E-state index contributed by atoms with van der Waals surface area (Å²) in [5.74, 6) is 1.60. The fourth-order valence-electron chi connectivity index (χ4n) is 3.39. The minimum atomic E-state index is -0.162. The maximum absolute atomic E-state index is 12.1. The van der Waals surface area contributed by atoms with Crippen LogP contribution in [-0.2, 0) is 13.0 Å². The topological polar surface area (TPSA) is 69.0 Å². The number of halogens is 1. The highest BCUT2D eigenvalue weighted by atomic mass is 35.5. The van der Waals surface area contributed by atoms with E-state index < -0.39 is 0 Å².